The van der Waals surface area contributed by atoms with Gasteiger partial charge < -0.3 is 19.9 Å². The predicted molar refractivity (Wildman–Crippen MR) is 69.4 cm³/mol. The molecule has 1 aliphatic rings. The van der Waals surface area contributed by atoms with Crippen LogP contribution in [0, 0.1) is 0 Å². The third kappa shape index (κ3) is 2.67. The summed E-state index contributed by atoms with van der Waals surface area (Å²) in [6.07, 6.45) is 4.59. The third-order valence-corrected chi connectivity index (χ3v) is 3.40. The van der Waals surface area contributed by atoms with Crippen LogP contribution in [-0.4, -0.2) is 41.2 Å². The molecule has 1 unspecified atom stereocenters. The smallest absolute Gasteiger partial charge is 0.316 e. The van der Waals surface area contributed by atoms with E-state index in [0.717, 1.165) is 31.4 Å². The first kappa shape index (κ1) is 13.0. The lowest BCUT2D eigenvalue weighted by Gasteiger charge is -2.20. The van der Waals surface area contributed by atoms with Gasteiger partial charge in [-0.3, -0.25) is 0 Å². The van der Waals surface area contributed by atoms with Gasteiger partial charge in [-0.2, -0.15) is 0 Å². The van der Waals surface area contributed by atoms with Crippen molar-refractivity contribution in [2.45, 2.75) is 31.9 Å². The molecule has 0 bridgehead atoms. The zero-order valence-electron chi connectivity index (χ0n) is 11.0. The van der Waals surface area contributed by atoms with Crippen LogP contribution in [0.3, 0.4) is 0 Å². The average molecular weight is 251 g/mol. The molecule has 0 fully saturated rings. The Labute approximate surface area is 107 Å². The van der Waals surface area contributed by atoms with Crippen LogP contribution in [0.2, 0.25) is 0 Å². The topological polar surface area (TPSA) is 57.5 Å². The van der Waals surface area contributed by atoms with Crippen molar-refractivity contribution in [1.29, 1.82) is 0 Å². The van der Waals surface area contributed by atoms with Crippen LogP contribution in [-0.2, 0) is 13.0 Å². The first-order valence-electron chi connectivity index (χ1n) is 6.40. The molecule has 0 aromatic carbocycles. The van der Waals surface area contributed by atoms with E-state index in [2.05, 4.69) is 9.88 Å². The second kappa shape index (κ2) is 5.44. The summed E-state index contributed by atoms with van der Waals surface area (Å²) in [5.74, 6) is 0. The minimum Gasteiger partial charge on any atom is -0.388 e. The van der Waals surface area contributed by atoms with Gasteiger partial charge >= 0.3 is 6.03 Å². The van der Waals surface area contributed by atoms with E-state index in [4.69, 9.17) is 0 Å². The van der Waals surface area contributed by atoms with Crippen molar-refractivity contribution in [3.8, 4) is 0 Å². The van der Waals surface area contributed by atoms with Crippen LogP contribution in [0.5, 0.6) is 0 Å². The lowest BCUT2D eigenvalue weighted by atomic mass is 9.95. The monoisotopic (exact) mass is 251 g/mol. The average Bonchev–Trinajstić information content (AvgIpc) is 2.74. The molecule has 100 valence electrons. The summed E-state index contributed by atoms with van der Waals surface area (Å²) in [4.78, 5) is 12.9. The molecule has 2 amide bonds. The SMILES string of the molecule is CN(C)C(=O)NCCn1ccc2c1CCCC2O. The summed E-state index contributed by atoms with van der Waals surface area (Å²) >= 11 is 0. The Hall–Kier alpha value is -1.49. The quantitative estimate of drug-likeness (QED) is 0.846. The summed E-state index contributed by atoms with van der Waals surface area (Å²) in [7, 11) is 3.45. The number of aromatic nitrogens is 1. The highest BCUT2D eigenvalue weighted by atomic mass is 16.3. The Morgan fingerprint density at radius 2 is 2.39 bits per heavy atom. The van der Waals surface area contributed by atoms with E-state index >= 15 is 0 Å². The summed E-state index contributed by atoms with van der Waals surface area (Å²) in [5, 5.41) is 12.7. The van der Waals surface area contributed by atoms with E-state index < -0.39 is 0 Å². The van der Waals surface area contributed by atoms with Crippen LogP contribution in [0.1, 0.15) is 30.2 Å². The molecule has 1 aromatic rings. The molecule has 0 spiro atoms. The highest BCUT2D eigenvalue weighted by molar-refractivity contribution is 5.73. The summed E-state index contributed by atoms with van der Waals surface area (Å²) in [6, 6.07) is 1.92. The fraction of sp³-hybridized carbons (Fsp3) is 0.615. The van der Waals surface area contributed by atoms with Crippen LogP contribution in [0.15, 0.2) is 12.3 Å². The number of nitrogens with zero attached hydrogens (tertiary/aromatic N) is 2. The molecule has 1 heterocycles. The fourth-order valence-corrected chi connectivity index (χ4v) is 2.38. The van der Waals surface area contributed by atoms with Crippen molar-refractivity contribution in [3.63, 3.8) is 0 Å². The molecule has 1 atom stereocenters. The summed E-state index contributed by atoms with van der Waals surface area (Å²) < 4.78 is 2.13. The largest absolute Gasteiger partial charge is 0.388 e. The van der Waals surface area contributed by atoms with Gasteiger partial charge in [0.2, 0.25) is 0 Å². The number of rotatable bonds is 3. The molecular weight excluding hydrogens is 230 g/mol. The van der Waals surface area contributed by atoms with Crippen LogP contribution in [0.25, 0.3) is 0 Å². The molecule has 5 heteroatoms. The fourth-order valence-electron chi connectivity index (χ4n) is 2.38. The molecule has 0 saturated carbocycles. The van der Waals surface area contributed by atoms with Gasteiger partial charge in [0.15, 0.2) is 0 Å². The molecule has 0 saturated heterocycles. The summed E-state index contributed by atoms with van der Waals surface area (Å²) in [5.41, 5.74) is 2.27. The number of amides is 2. The number of fused-ring (bicyclic) bond motifs is 1. The molecule has 1 aromatic heterocycles. The number of hydrogen-bond acceptors (Lipinski definition) is 2. The zero-order chi connectivity index (χ0) is 13.1. The van der Waals surface area contributed by atoms with Gasteiger partial charge in [-0.25, -0.2) is 4.79 Å². The number of hydrogen-bond donors (Lipinski definition) is 2. The Morgan fingerprint density at radius 3 is 3.11 bits per heavy atom. The zero-order valence-corrected chi connectivity index (χ0v) is 11.0. The van der Waals surface area contributed by atoms with Crippen molar-refractivity contribution < 1.29 is 9.90 Å². The van der Waals surface area contributed by atoms with Gasteiger partial charge in [0, 0.05) is 44.6 Å². The Kier molecular flexibility index (Phi) is 3.91. The highest BCUT2D eigenvalue weighted by Crippen LogP contribution is 2.30. The first-order valence-corrected chi connectivity index (χ1v) is 6.40. The Bertz CT molecular complexity index is 426. The van der Waals surface area contributed by atoms with E-state index in [-0.39, 0.29) is 12.1 Å². The molecule has 0 radical (unpaired) electrons. The third-order valence-electron chi connectivity index (χ3n) is 3.40. The molecular formula is C13H21N3O2. The highest BCUT2D eigenvalue weighted by Gasteiger charge is 2.20. The van der Waals surface area contributed by atoms with Crippen molar-refractivity contribution >= 4 is 6.03 Å². The number of aliphatic hydroxyl groups is 1. The second-order valence-electron chi connectivity index (χ2n) is 4.95. The lowest BCUT2D eigenvalue weighted by Crippen LogP contribution is -2.36. The lowest BCUT2D eigenvalue weighted by molar-refractivity contribution is 0.155. The van der Waals surface area contributed by atoms with Gasteiger partial charge in [0.1, 0.15) is 0 Å². The van der Waals surface area contributed by atoms with Crippen LogP contribution < -0.4 is 5.32 Å². The predicted octanol–water partition coefficient (Wildman–Crippen LogP) is 1.13. The Balaban J connectivity index is 1.93. The van der Waals surface area contributed by atoms with Gasteiger partial charge in [-0.15, -0.1) is 0 Å². The van der Waals surface area contributed by atoms with Gasteiger partial charge in [-0.05, 0) is 25.3 Å². The molecule has 2 rings (SSSR count). The maximum atomic E-state index is 11.4. The maximum absolute atomic E-state index is 11.4. The van der Waals surface area contributed by atoms with E-state index in [1.807, 2.05) is 12.3 Å². The molecule has 0 aliphatic heterocycles. The molecule has 18 heavy (non-hydrogen) atoms. The standard InChI is InChI=1S/C13H21N3O2/c1-15(2)13(18)14-7-9-16-8-6-10-11(16)4-3-5-12(10)17/h6,8,12,17H,3-5,7,9H2,1-2H3,(H,14,18). The van der Waals surface area contributed by atoms with Gasteiger partial charge in [0.25, 0.3) is 0 Å². The van der Waals surface area contributed by atoms with E-state index in [1.165, 1.54) is 10.6 Å². The van der Waals surface area contributed by atoms with Crippen molar-refractivity contribution in [3.05, 3.63) is 23.5 Å². The number of aliphatic hydroxyl groups excluding tert-OH is 1. The van der Waals surface area contributed by atoms with Crippen LogP contribution >= 0.6 is 0 Å². The normalized spacial score (nSPS) is 18.3. The maximum Gasteiger partial charge on any atom is 0.316 e. The first-order chi connectivity index (χ1) is 8.59. The number of urea groups is 1. The van der Waals surface area contributed by atoms with E-state index in [0.29, 0.717) is 6.54 Å². The van der Waals surface area contributed by atoms with Gasteiger partial charge in [-0.1, -0.05) is 0 Å². The van der Waals surface area contributed by atoms with Crippen molar-refractivity contribution in [2.75, 3.05) is 20.6 Å². The molecule has 1 aliphatic carbocycles. The number of carbonyl (C=O) groups is 1. The van der Waals surface area contributed by atoms with Crippen molar-refractivity contribution in [2.24, 2.45) is 0 Å². The van der Waals surface area contributed by atoms with Crippen molar-refractivity contribution in [1.82, 2.24) is 14.8 Å². The van der Waals surface area contributed by atoms with Crippen LogP contribution in [0.4, 0.5) is 4.79 Å². The number of nitrogens with one attached hydrogen (secondary N) is 1. The second-order valence-corrected chi connectivity index (χ2v) is 4.95. The Morgan fingerprint density at radius 1 is 1.61 bits per heavy atom. The minimum absolute atomic E-state index is 0.0731. The van der Waals surface area contributed by atoms with Gasteiger partial charge in [0.05, 0.1) is 6.10 Å². The summed E-state index contributed by atoms with van der Waals surface area (Å²) in [6.45, 7) is 1.36. The minimum atomic E-state index is -0.314. The number of carbonyl (C=O) groups excluding carboxylic acids is 1. The molecule has 2 N–H and O–H groups in total. The van der Waals surface area contributed by atoms with E-state index in [9.17, 15) is 9.90 Å². The van der Waals surface area contributed by atoms with E-state index in [1.54, 1.807) is 14.1 Å². The molecule has 5 nitrogen and oxygen atoms in total.